The lowest BCUT2D eigenvalue weighted by Gasteiger charge is -2.22. The first kappa shape index (κ1) is 16.7. The van der Waals surface area contributed by atoms with Crippen LogP contribution in [0.5, 0.6) is 5.75 Å². The van der Waals surface area contributed by atoms with Crippen molar-refractivity contribution in [1.29, 1.82) is 0 Å². The molecule has 5 heteroatoms. The monoisotopic (exact) mass is 282 g/mol. The van der Waals surface area contributed by atoms with E-state index in [1.807, 2.05) is 18.5 Å². The molecule has 20 heavy (non-hydrogen) atoms. The zero-order valence-corrected chi connectivity index (χ0v) is 12.7. The summed E-state index contributed by atoms with van der Waals surface area (Å²) in [6.07, 6.45) is 2.81. The molecule has 0 saturated heterocycles. The summed E-state index contributed by atoms with van der Waals surface area (Å²) in [5.74, 6) is -0.170. The van der Waals surface area contributed by atoms with Gasteiger partial charge in [0, 0.05) is 31.5 Å². The highest BCUT2D eigenvalue weighted by Crippen LogP contribution is 2.17. The minimum atomic E-state index is -0.332. The smallest absolute Gasteiger partial charge is 0.223 e. The molecule has 0 amide bonds. The van der Waals surface area contributed by atoms with E-state index in [4.69, 9.17) is 5.11 Å². The molecular formula is C15H26N2O3. The Bertz CT molecular complexity index is 483. The number of aromatic nitrogens is 1. The average molecular weight is 282 g/mol. The van der Waals surface area contributed by atoms with Gasteiger partial charge in [-0.15, -0.1) is 0 Å². The van der Waals surface area contributed by atoms with Crippen molar-refractivity contribution in [2.45, 2.75) is 46.2 Å². The van der Waals surface area contributed by atoms with Gasteiger partial charge in [0.15, 0.2) is 5.75 Å². The second kappa shape index (κ2) is 8.07. The van der Waals surface area contributed by atoms with Gasteiger partial charge in [-0.1, -0.05) is 13.3 Å². The largest absolute Gasteiger partial charge is 0.503 e. The highest BCUT2D eigenvalue weighted by atomic mass is 16.3. The molecule has 0 saturated carbocycles. The molecule has 1 aromatic heterocycles. The number of aryl methyl sites for hydroxylation is 1. The number of hydrogen-bond donors (Lipinski definition) is 2. The van der Waals surface area contributed by atoms with E-state index in [9.17, 15) is 9.90 Å². The normalized spacial score (nSPS) is 11.2. The molecule has 0 spiro atoms. The third-order valence-corrected chi connectivity index (χ3v) is 3.45. The Balaban J connectivity index is 3.03. The molecule has 1 heterocycles. The fraction of sp³-hybridized carbons (Fsp3) is 0.667. The number of unbranched alkanes of at least 4 members (excludes halogenated alkanes) is 1. The van der Waals surface area contributed by atoms with Crippen molar-refractivity contribution in [1.82, 2.24) is 9.47 Å². The quantitative estimate of drug-likeness (QED) is 0.758. The maximum absolute atomic E-state index is 11.8. The van der Waals surface area contributed by atoms with Crippen LogP contribution in [0.25, 0.3) is 0 Å². The van der Waals surface area contributed by atoms with Gasteiger partial charge in [-0.05, 0) is 33.4 Å². The molecular weight excluding hydrogens is 256 g/mol. The molecule has 5 nitrogen and oxygen atoms in total. The first-order valence-corrected chi connectivity index (χ1v) is 7.23. The van der Waals surface area contributed by atoms with Gasteiger partial charge in [-0.25, -0.2) is 0 Å². The van der Waals surface area contributed by atoms with Crippen LogP contribution in [0.3, 0.4) is 0 Å². The molecule has 114 valence electrons. The maximum Gasteiger partial charge on any atom is 0.223 e. The predicted molar refractivity (Wildman–Crippen MR) is 80.0 cm³/mol. The highest BCUT2D eigenvalue weighted by molar-refractivity contribution is 5.29. The number of rotatable bonds is 8. The van der Waals surface area contributed by atoms with Crippen LogP contribution in [0.1, 0.15) is 37.6 Å². The van der Waals surface area contributed by atoms with Gasteiger partial charge in [0.25, 0.3) is 0 Å². The van der Waals surface area contributed by atoms with Gasteiger partial charge in [0.2, 0.25) is 5.43 Å². The van der Waals surface area contributed by atoms with Crippen LogP contribution in [0, 0.1) is 6.92 Å². The summed E-state index contributed by atoms with van der Waals surface area (Å²) in [6, 6.07) is 1.45. The lowest BCUT2D eigenvalue weighted by molar-refractivity contribution is 0.271. The molecule has 0 radical (unpaired) electrons. The van der Waals surface area contributed by atoms with Crippen LogP contribution in [-0.2, 0) is 13.1 Å². The third-order valence-electron chi connectivity index (χ3n) is 3.45. The van der Waals surface area contributed by atoms with Crippen molar-refractivity contribution in [2.75, 3.05) is 20.2 Å². The van der Waals surface area contributed by atoms with Gasteiger partial charge in [0.1, 0.15) is 0 Å². The van der Waals surface area contributed by atoms with Crippen molar-refractivity contribution >= 4 is 0 Å². The topological polar surface area (TPSA) is 65.7 Å². The Morgan fingerprint density at radius 2 is 2.05 bits per heavy atom. The summed E-state index contributed by atoms with van der Waals surface area (Å²) in [5, 5.41) is 19.0. The molecule has 0 bridgehead atoms. The molecule has 0 aliphatic rings. The maximum atomic E-state index is 11.8. The second-order valence-electron chi connectivity index (χ2n) is 5.27. The fourth-order valence-electron chi connectivity index (χ4n) is 2.28. The first-order chi connectivity index (χ1) is 9.51. The SMILES string of the molecule is CCCCN(C)Cc1c(O)c(=O)cc(C)n1CCCO. The van der Waals surface area contributed by atoms with E-state index >= 15 is 0 Å². The summed E-state index contributed by atoms with van der Waals surface area (Å²) < 4.78 is 1.93. The molecule has 0 unspecified atom stereocenters. The molecule has 0 aliphatic carbocycles. The Hall–Kier alpha value is -1.33. The zero-order chi connectivity index (χ0) is 15.1. The van der Waals surface area contributed by atoms with E-state index in [0.29, 0.717) is 25.2 Å². The molecule has 2 N–H and O–H groups in total. The van der Waals surface area contributed by atoms with E-state index in [0.717, 1.165) is 25.1 Å². The van der Waals surface area contributed by atoms with E-state index < -0.39 is 0 Å². The van der Waals surface area contributed by atoms with Crippen LogP contribution in [0.2, 0.25) is 0 Å². The number of aliphatic hydroxyl groups excluding tert-OH is 1. The number of pyridine rings is 1. The number of hydrogen-bond acceptors (Lipinski definition) is 4. The minimum absolute atomic E-state index is 0.0947. The standard InChI is InChI=1S/C15H26N2O3/c1-4-5-7-16(3)11-13-15(20)14(19)10-12(2)17(13)8-6-9-18/h10,18,20H,4-9,11H2,1-3H3. The minimum Gasteiger partial charge on any atom is -0.503 e. The Labute approximate surface area is 120 Å². The van der Waals surface area contributed by atoms with Crippen molar-refractivity contribution in [3.05, 3.63) is 27.7 Å². The van der Waals surface area contributed by atoms with Gasteiger partial charge in [-0.2, -0.15) is 0 Å². The van der Waals surface area contributed by atoms with Crippen LogP contribution < -0.4 is 5.43 Å². The Morgan fingerprint density at radius 1 is 1.35 bits per heavy atom. The molecule has 0 aliphatic heterocycles. The summed E-state index contributed by atoms with van der Waals surface area (Å²) in [4.78, 5) is 13.9. The zero-order valence-electron chi connectivity index (χ0n) is 12.7. The summed E-state index contributed by atoms with van der Waals surface area (Å²) in [7, 11) is 1.98. The van der Waals surface area contributed by atoms with Crippen molar-refractivity contribution in [3.63, 3.8) is 0 Å². The lowest BCUT2D eigenvalue weighted by atomic mass is 10.2. The van der Waals surface area contributed by atoms with Gasteiger partial charge < -0.3 is 19.7 Å². The van der Waals surface area contributed by atoms with E-state index in [1.165, 1.54) is 6.07 Å². The number of nitrogens with zero attached hydrogens (tertiary/aromatic N) is 2. The van der Waals surface area contributed by atoms with E-state index in [-0.39, 0.29) is 17.8 Å². The van der Waals surface area contributed by atoms with Crippen molar-refractivity contribution < 1.29 is 10.2 Å². The molecule has 0 fully saturated rings. The Kier molecular flexibility index (Phi) is 6.75. The van der Waals surface area contributed by atoms with Crippen LogP contribution >= 0.6 is 0 Å². The van der Waals surface area contributed by atoms with E-state index in [2.05, 4.69) is 11.8 Å². The van der Waals surface area contributed by atoms with Crippen molar-refractivity contribution in [3.8, 4) is 5.75 Å². The number of aliphatic hydroxyl groups is 1. The molecule has 1 aromatic rings. The van der Waals surface area contributed by atoms with Crippen LogP contribution in [0.4, 0.5) is 0 Å². The summed E-state index contributed by atoms with van der Waals surface area (Å²) in [6.45, 7) is 6.15. The van der Waals surface area contributed by atoms with Crippen LogP contribution in [0.15, 0.2) is 10.9 Å². The lowest BCUT2D eigenvalue weighted by Crippen LogP contribution is -2.25. The molecule has 1 rings (SSSR count). The Morgan fingerprint density at radius 3 is 2.65 bits per heavy atom. The van der Waals surface area contributed by atoms with Gasteiger partial charge in [0.05, 0.1) is 5.69 Å². The van der Waals surface area contributed by atoms with Crippen LogP contribution in [-0.4, -0.2) is 39.9 Å². The predicted octanol–water partition coefficient (Wildman–Crippen LogP) is 1.48. The fourth-order valence-corrected chi connectivity index (χ4v) is 2.28. The van der Waals surface area contributed by atoms with Crippen molar-refractivity contribution in [2.24, 2.45) is 0 Å². The first-order valence-electron chi connectivity index (χ1n) is 7.23. The average Bonchev–Trinajstić information content (AvgIpc) is 2.41. The second-order valence-corrected chi connectivity index (χ2v) is 5.27. The van der Waals surface area contributed by atoms with Gasteiger partial charge in [-0.3, -0.25) is 4.79 Å². The molecule has 0 aromatic carbocycles. The summed E-state index contributed by atoms with van der Waals surface area (Å²) >= 11 is 0. The van der Waals surface area contributed by atoms with E-state index in [1.54, 1.807) is 0 Å². The highest BCUT2D eigenvalue weighted by Gasteiger charge is 2.14. The third kappa shape index (κ3) is 4.35. The summed E-state index contributed by atoms with van der Waals surface area (Å²) in [5.41, 5.74) is 1.13. The molecule has 0 atom stereocenters. The van der Waals surface area contributed by atoms with Gasteiger partial charge >= 0.3 is 0 Å². The number of aromatic hydroxyl groups is 1.